The molecule has 0 aliphatic heterocycles. The maximum atomic E-state index is 11.9. The molecule has 0 saturated heterocycles. The first-order valence-electron chi connectivity index (χ1n) is 6.81. The van der Waals surface area contributed by atoms with E-state index in [1.165, 1.54) is 19.3 Å². The zero-order chi connectivity index (χ0) is 12.0. The van der Waals surface area contributed by atoms with Crippen LogP contribution in [0.4, 0.5) is 0 Å². The van der Waals surface area contributed by atoms with Gasteiger partial charge < -0.3 is 4.90 Å². The summed E-state index contributed by atoms with van der Waals surface area (Å²) in [6, 6.07) is 0. The highest BCUT2D eigenvalue weighted by atomic mass is 16.1. The van der Waals surface area contributed by atoms with E-state index in [1.54, 1.807) is 0 Å². The molecule has 0 aromatic rings. The zero-order valence-corrected chi connectivity index (χ0v) is 11.2. The second-order valence-corrected chi connectivity index (χ2v) is 5.71. The van der Waals surface area contributed by atoms with Gasteiger partial charge in [-0.25, -0.2) is 0 Å². The number of hydrogen-bond acceptors (Lipinski definition) is 2. The number of Topliss-reactive ketones (excluding diaryl/α,β-unsaturated/α-hetero) is 1. The van der Waals surface area contributed by atoms with Crippen molar-refractivity contribution < 1.29 is 4.79 Å². The summed E-state index contributed by atoms with van der Waals surface area (Å²) in [6.07, 6.45) is 6.78. The molecule has 0 bridgehead atoms. The average Bonchev–Trinajstić information content (AvgIpc) is 2.42. The van der Waals surface area contributed by atoms with Gasteiger partial charge in [-0.1, -0.05) is 26.7 Å². The van der Waals surface area contributed by atoms with Crippen molar-refractivity contribution in [1.82, 2.24) is 4.90 Å². The molecule has 1 aliphatic carbocycles. The Morgan fingerprint density at radius 3 is 2.75 bits per heavy atom. The Balaban J connectivity index is 2.30. The summed E-state index contributed by atoms with van der Waals surface area (Å²) in [5, 5.41) is 0. The summed E-state index contributed by atoms with van der Waals surface area (Å²) in [5.74, 6) is 1.58. The molecule has 2 heteroatoms. The number of ketones is 1. The Bertz CT molecular complexity index is 213. The number of carbonyl (C=O) groups excluding carboxylic acids is 1. The number of rotatable bonds is 5. The zero-order valence-electron chi connectivity index (χ0n) is 11.2. The molecular weight excluding hydrogens is 198 g/mol. The lowest BCUT2D eigenvalue weighted by Gasteiger charge is -2.22. The normalized spacial score (nSPS) is 22.8. The van der Waals surface area contributed by atoms with Gasteiger partial charge in [0, 0.05) is 18.9 Å². The second-order valence-electron chi connectivity index (χ2n) is 5.71. The summed E-state index contributed by atoms with van der Waals surface area (Å²) in [6.45, 7) is 6.61. The van der Waals surface area contributed by atoms with Crippen molar-refractivity contribution in [2.24, 2.45) is 11.8 Å². The molecule has 1 aliphatic rings. The average molecular weight is 225 g/mol. The Morgan fingerprint density at radius 1 is 1.31 bits per heavy atom. The summed E-state index contributed by atoms with van der Waals surface area (Å²) < 4.78 is 0. The van der Waals surface area contributed by atoms with Gasteiger partial charge in [-0.15, -0.1) is 0 Å². The van der Waals surface area contributed by atoms with Crippen LogP contribution in [0.15, 0.2) is 0 Å². The van der Waals surface area contributed by atoms with Crippen LogP contribution in [0.1, 0.15) is 52.4 Å². The van der Waals surface area contributed by atoms with Gasteiger partial charge in [0.1, 0.15) is 5.78 Å². The van der Waals surface area contributed by atoms with E-state index in [9.17, 15) is 4.79 Å². The van der Waals surface area contributed by atoms with Crippen molar-refractivity contribution in [2.75, 3.05) is 20.1 Å². The monoisotopic (exact) mass is 225 g/mol. The molecule has 1 saturated carbocycles. The lowest BCUT2D eigenvalue weighted by atomic mass is 9.98. The van der Waals surface area contributed by atoms with Crippen LogP contribution in [0.2, 0.25) is 0 Å². The molecule has 0 N–H and O–H groups in total. The van der Waals surface area contributed by atoms with Gasteiger partial charge in [0.2, 0.25) is 0 Å². The van der Waals surface area contributed by atoms with Gasteiger partial charge in [0.25, 0.3) is 0 Å². The van der Waals surface area contributed by atoms with Crippen LogP contribution in [0.5, 0.6) is 0 Å². The summed E-state index contributed by atoms with van der Waals surface area (Å²) in [7, 11) is 2.15. The molecule has 0 aromatic carbocycles. The molecule has 1 rings (SSSR count). The van der Waals surface area contributed by atoms with E-state index in [0.717, 1.165) is 38.3 Å². The van der Waals surface area contributed by atoms with Crippen LogP contribution < -0.4 is 0 Å². The minimum absolute atomic E-state index is 0.319. The van der Waals surface area contributed by atoms with Crippen LogP contribution in [0.25, 0.3) is 0 Å². The predicted octanol–water partition coefficient (Wildman–Crippen LogP) is 3.11. The molecule has 0 aromatic heterocycles. The summed E-state index contributed by atoms with van der Waals surface area (Å²) in [5.41, 5.74) is 0. The summed E-state index contributed by atoms with van der Waals surface area (Å²) in [4.78, 5) is 14.2. The highest BCUT2D eigenvalue weighted by molar-refractivity contribution is 5.81. The Labute approximate surface area is 100 Å². The smallest absolute Gasteiger partial charge is 0.137 e. The molecular formula is C14H27NO. The van der Waals surface area contributed by atoms with Gasteiger partial charge >= 0.3 is 0 Å². The Kier molecular flexibility index (Phi) is 6.04. The topological polar surface area (TPSA) is 20.3 Å². The first kappa shape index (κ1) is 13.7. The molecule has 0 spiro atoms. The molecule has 0 radical (unpaired) electrons. The van der Waals surface area contributed by atoms with E-state index >= 15 is 0 Å². The molecule has 16 heavy (non-hydrogen) atoms. The van der Waals surface area contributed by atoms with E-state index in [4.69, 9.17) is 0 Å². The highest BCUT2D eigenvalue weighted by Crippen LogP contribution is 2.20. The van der Waals surface area contributed by atoms with E-state index < -0.39 is 0 Å². The molecule has 0 heterocycles. The Morgan fingerprint density at radius 2 is 2.06 bits per heavy atom. The van der Waals surface area contributed by atoms with Crippen molar-refractivity contribution in [1.29, 1.82) is 0 Å². The van der Waals surface area contributed by atoms with Gasteiger partial charge in [-0.2, -0.15) is 0 Å². The maximum Gasteiger partial charge on any atom is 0.137 e. The molecule has 0 amide bonds. The highest BCUT2D eigenvalue weighted by Gasteiger charge is 2.21. The van der Waals surface area contributed by atoms with Crippen LogP contribution >= 0.6 is 0 Å². The summed E-state index contributed by atoms with van der Waals surface area (Å²) >= 11 is 0. The maximum absolute atomic E-state index is 11.9. The van der Waals surface area contributed by atoms with E-state index in [0.29, 0.717) is 11.7 Å². The largest absolute Gasteiger partial charge is 0.306 e. The van der Waals surface area contributed by atoms with Crippen LogP contribution in [0, 0.1) is 11.8 Å². The van der Waals surface area contributed by atoms with Crippen molar-refractivity contribution in [3.05, 3.63) is 0 Å². The first-order valence-corrected chi connectivity index (χ1v) is 6.81. The van der Waals surface area contributed by atoms with Crippen molar-refractivity contribution >= 4 is 5.78 Å². The third kappa shape index (κ3) is 5.11. The van der Waals surface area contributed by atoms with Gasteiger partial charge in [0.15, 0.2) is 0 Å². The first-order chi connectivity index (χ1) is 7.59. The van der Waals surface area contributed by atoms with Crippen LogP contribution in [-0.4, -0.2) is 30.8 Å². The van der Waals surface area contributed by atoms with Gasteiger partial charge in [-0.3, -0.25) is 4.79 Å². The molecule has 1 fully saturated rings. The van der Waals surface area contributed by atoms with E-state index in [-0.39, 0.29) is 0 Å². The van der Waals surface area contributed by atoms with E-state index in [2.05, 4.69) is 25.8 Å². The fourth-order valence-electron chi connectivity index (χ4n) is 2.37. The lowest BCUT2D eigenvalue weighted by molar-refractivity contribution is -0.123. The van der Waals surface area contributed by atoms with Crippen molar-refractivity contribution in [2.45, 2.75) is 52.4 Å². The van der Waals surface area contributed by atoms with Gasteiger partial charge in [0.05, 0.1) is 0 Å². The second kappa shape index (κ2) is 7.05. The van der Waals surface area contributed by atoms with Crippen molar-refractivity contribution in [3.63, 3.8) is 0 Å². The van der Waals surface area contributed by atoms with Gasteiger partial charge in [-0.05, 0) is 38.8 Å². The molecule has 1 atom stereocenters. The fourth-order valence-corrected chi connectivity index (χ4v) is 2.37. The van der Waals surface area contributed by atoms with E-state index in [1.807, 2.05) is 0 Å². The third-order valence-corrected chi connectivity index (χ3v) is 3.55. The minimum Gasteiger partial charge on any atom is -0.306 e. The number of hydrogen-bond donors (Lipinski definition) is 0. The lowest BCUT2D eigenvalue weighted by Crippen LogP contribution is -2.31. The third-order valence-electron chi connectivity index (χ3n) is 3.55. The molecule has 94 valence electrons. The van der Waals surface area contributed by atoms with Crippen LogP contribution in [-0.2, 0) is 4.79 Å². The Hall–Kier alpha value is -0.370. The number of carbonyl (C=O) groups is 1. The predicted molar refractivity (Wildman–Crippen MR) is 68.5 cm³/mol. The number of nitrogens with zero attached hydrogens (tertiary/aromatic N) is 1. The minimum atomic E-state index is 0.319. The fraction of sp³-hybridized carbons (Fsp3) is 0.929. The van der Waals surface area contributed by atoms with Crippen LogP contribution in [0.3, 0.4) is 0 Å². The molecule has 1 unspecified atom stereocenters. The standard InChI is InChI=1S/C14H27NO/c1-12(2)9-10-15(3)11-13-7-5-4-6-8-14(13)16/h12-13H,4-11H2,1-3H3. The molecule has 2 nitrogen and oxygen atoms in total. The quantitative estimate of drug-likeness (QED) is 0.670. The SMILES string of the molecule is CC(C)CCN(C)CC1CCCCCC1=O. The van der Waals surface area contributed by atoms with Crippen molar-refractivity contribution in [3.8, 4) is 0 Å².